The quantitative estimate of drug-likeness (QED) is 0.111. The molecule has 0 aliphatic carbocycles. The fourth-order valence-electron chi connectivity index (χ4n) is 5.60. The van der Waals surface area contributed by atoms with Crippen molar-refractivity contribution in [2.75, 3.05) is 11.9 Å². The average Bonchev–Trinajstić information content (AvgIpc) is 3.62. The highest BCUT2D eigenvalue weighted by Crippen LogP contribution is 2.24. The van der Waals surface area contributed by atoms with Crippen molar-refractivity contribution in [3.05, 3.63) is 106 Å². The molecule has 4 rings (SSSR count). The number of allylic oxidation sites excluding steroid dienone is 1. The normalized spacial score (nSPS) is 15.2. The molecule has 0 bridgehead atoms. The van der Waals surface area contributed by atoms with E-state index in [2.05, 4.69) is 16.0 Å². The zero-order valence-electron chi connectivity index (χ0n) is 30.3. The molecule has 1 fully saturated rings. The predicted octanol–water partition coefficient (Wildman–Crippen LogP) is 4.39. The molecule has 0 spiro atoms. The van der Waals surface area contributed by atoms with Gasteiger partial charge in [-0.3, -0.25) is 28.8 Å². The number of nitrogens with zero attached hydrogens (tertiary/aromatic N) is 1. The molecule has 0 aromatic heterocycles. The third-order valence-electron chi connectivity index (χ3n) is 8.38. The standard InChI is InChI=1S/C38H42ClN5O9S/c1-22(2)31(33(53-24(5)45)37(49)40-28-10-7-6-8-11-28)41-36(48)30-12-9-21-44(30)38(50)32(23(3)4)42-34(46)25-13-15-26(16-14-25)35(47)43-54(51,52)29-19-17-27(39)18-20-29/h6-8,10-11,13-20,22-23,30,32H,9,12,21H2,1-5H3,(H,40,49)(H,41,48)(H,42,46)(H,43,47)/t30-,32?/m0/s1. The van der Waals surface area contributed by atoms with E-state index < -0.39 is 69.4 Å². The Labute approximate surface area is 318 Å². The maximum Gasteiger partial charge on any atom is 0.308 e. The number of para-hydroxylation sites is 1. The molecule has 14 nitrogen and oxygen atoms in total. The van der Waals surface area contributed by atoms with E-state index in [9.17, 15) is 37.2 Å². The van der Waals surface area contributed by atoms with Gasteiger partial charge in [-0.15, -0.1) is 0 Å². The van der Waals surface area contributed by atoms with Crippen LogP contribution in [-0.2, 0) is 33.9 Å². The van der Waals surface area contributed by atoms with Crippen molar-refractivity contribution in [1.82, 2.24) is 20.3 Å². The highest BCUT2D eigenvalue weighted by atomic mass is 35.5. The number of anilines is 1. The Balaban J connectivity index is 1.47. The van der Waals surface area contributed by atoms with Crippen molar-refractivity contribution >= 4 is 62.8 Å². The number of likely N-dealkylation sites (tertiary alicyclic amines) is 1. The number of nitrogens with one attached hydrogen (secondary N) is 4. The van der Waals surface area contributed by atoms with E-state index in [0.29, 0.717) is 23.6 Å². The molecule has 54 heavy (non-hydrogen) atoms. The van der Waals surface area contributed by atoms with Crippen LogP contribution in [0, 0.1) is 11.8 Å². The first-order valence-corrected chi connectivity index (χ1v) is 19.0. The summed E-state index contributed by atoms with van der Waals surface area (Å²) in [6.07, 6.45) is 0.796. The summed E-state index contributed by atoms with van der Waals surface area (Å²) in [6.45, 7) is 8.25. The van der Waals surface area contributed by atoms with Crippen molar-refractivity contribution in [1.29, 1.82) is 0 Å². The summed E-state index contributed by atoms with van der Waals surface area (Å²) < 4.78 is 32.5. The Morgan fingerprint density at radius 2 is 1.43 bits per heavy atom. The number of halogens is 1. The van der Waals surface area contributed by atoms with Crippen LogP contribution in [-0.4, -0.2) is 67.5 Å². The zero-order valence-corrected chi connectivity index (χ0v) is 31.9. The van der Waals surface area contributed by atoms with Crippen molar-refractivity contribution in [2.24, 2.45) is 11.8 Å². The molecule has 16 heteroatoms. The lowest BCUT2D eigenvalue weighted by Crippen LogP contribution is -2.55. The molecule has 3 aromatic carbocycles. The topological polar surface area (TPSA) is 197 Å². The summed E-state index contributed by atoms with van der Waals surface area (Å²) in [5.74, 6) is -5.45. The molecule has 286 valence electrons. The Bertz CT molecular complexity index is 2030. The molecule has 1 heterocycles. The first kappa shape index (κ1) is 41.2. The lowest BCUT2D eigenvalue weighted by Gasteiger charge is -2.31. The van der Waals surface area contributed by atoms with Crippen molar-refractivity contribution < 1.29 is 41.9 Å². The van der Waals surface area contributed by atoms with E-state index in [0.717, 1.165) is 6.92 Å². The molecular formula is C38H42ClN5O9S. The van der Waals surface area contributed by atoms with Crippen molar-refractivity contribution in [2.45, 2.75) is 64.4 Å². The molecule has 1 unspecified atom stereocenters. The summed E-state index contributed by atoms with van der Waals surface area (Å²) in [5, 5.41) is 8.45. The third kappa shape index (κ3) is 10.5. The molecule has 0 saturated carbocycles. The molecule has 5 amide bonds. The van der Waals surface area contributed by atoms with Gasteiger partial charge in [0.15, 0.2) is 0 Å². The second-order valence-electron chi connectivity index (χ2n) is 13.2. The van der Waals surface area contributed by atoms with Gasteiger partial charge in [0, 0.05) is 35.3 Å². The van der Waals surface area contributed by atoms with Gasteiger partial charge >= 0.3 is 5.97 Å². The lowest BCUT2D eigenvalue weighted by atomic mass is 10.0. The van der Waals surface area contributed by atoms with Crippen molar-refractivity contribution in [3.63, 3.8) is 0 Å². The van der Waals surface area contributed by atoms with Gasteiger partial charge in [0.25, 0.3) is 27.7 Å². The molecular weight excluding hydrogens is 738 g/mol. The second kappa shape index (κ2) is 18.0. The van der Waals surface area contributed by atoms with Crippen LogP contribution < -0.4 is 20.7 Å². The Morgan fingerprint density at radius 3 is 1.98 bits per heavy atom. The van der Waals surface area contributed by atoms with Crippen molar-refractivity contribution in [3.8, 4) is 0 Å². The number of carbonyl (C=O) groups is 6. The average molecular weight is 780 g/mol. The molecule has 0 radical (unpaired) electrons. The molecule has 4 N–H and O–H groups in total. The Kier molecular flexibility index (Phi) is 13.7. The first-order chi connectivity index (χ1) is 25.5. The summed E-state index contributed by atoms with van der Waals surface area (Å²) in [4.78, 5) is 80.3. The lowest BCUT2D eigenvalue weighted by molar-refractivity contribution is -0.141. The summed E-state index contributed by atoms with van der Waals surface area (Å²) in [6, 6.07) is 16.9. The van der Waals surface area contributed by atoms with Crippen LogP contribution in [0.5, 0.6) is 0 Å². The summed E-state index contributed by atoms with van der Waals surface area (Å²) in [7, 11) is -4.19. The van der Waals surface area contributed by atoms with Crippen LogP contribution in [0.25, 0.3) is 0 Å². The van der Waals surface area contributed by atoms with E-state index in [1.807, 2.05) is 4.72 Å². The molecule has 3 aromatic rings. The molecule has 1 saturated heterocycles. The maximum atomic E-state index is 14.0. The van der Waals surface area contributed by atoms with Crippen LogP contribution in [0.2, 0.25) is 5.02 Å². The van der Waals surface area contributed by atoms with Crippen LogP contribution in [0.1, 0.15) is 68.2 Å². The monoisotopic (exact) mass is 779 g/mol. The molecule has 1 aliphatic heterocycles. The van der Waals surface area contributed by atoms with Gasteiger partial charge in [-0.1, -0.05) is 57.5 Å². The number of amides is 5. The van der Waals surface area contributed by atoms with E-state index in [-0.39, 0.29) is 34.0 Å². The number of carbonyl (C=O) groups excluding carboxylic acids is 6. The van der Waals surface area contributed by atoms with E-state index in [4.69, 9.17) is 16.3 Å². The number of esters is 1. The van der Waals surface area contributed by atoms with Crippen LogP contribution in [0.3, 0.4) is 0 Å². The number of benzene rings is 3. The van der Waals surface area contributed by atoms with Gasteiger partial charge in [0.05, 0.1) is 10.6 Å². The minimum absolute atomic E-state index is 0.0317. The number of hydrogen-bond donors (Lipinski definition) is 4. The minimum Gasteiger partial charge on any atom is -0.419 e. The van der Waals surface area contributed by atoms with Gasteiger partial charge in [0.1, 0.15) is 12.1 Å². The highest BCUT2D eigenvalue weighted by molar-refractivity contribution is 7.90. The SMILES string of the molecule is CC(=O)OC(C(=O)Nc1ccccc1)=C(NC(=O)[C@@H]1CCCN1C(=O)C(NC(=O)c1ccc(C(=O)NS(=O)(=O)c2ccc(Cl)cc2)cc1)C(C)C)C(C)C. The predicted molar refractivity (Wildman–Crippen MR) is 200 cm³/mol. The van der Waals surface area contributed by atoms with Crippen LogP contribution in [0.4, 0.5) is 5.69 Å². The van der Waals surface area contributed by atoms with Gasteiger partial charge < -0.3 is 25.6 Å². The number of rotatable bonds is 13. The van der Waals surface area contributed by atoms with Gasteiger partial charge in [-0.25, -0.2) is 13.1 Å². The van der Waals surface area contributed by atoms with E-state index in [1.165, 1.54) is 53.4 Å². The zero-order chi connectivity index (χ0) is 39.7. The molecule has 1 aliphatic rings. The fourth-order valence-corrected chi connectivity index (χ4v) is 6.70. The number of hydrogen-bond acceptors (Lipinski definition) is 9. The first-order valence-electron chi connectivity index (χ1n) is 17.1. The number of sulfonamides is 1. The Morgan fingerprint density at radius 1 is 0.833 bits per heavy atom. The highest BCUT2D eigenvalue weighted by Gasteiger charge is 2.39. The van der Waals surface area contributed by atoms with Crippen LogP contribution >= 0.6 is 11.6 Å². The second-order valence-corrected chi connectivity index (χ2v) is 15.3. The van der Waals surface area contributed by atoms with E-state index in [1.54, 1.807) is 58.0 Å². The molecule has 2 atom stereocenters. The summed E-state index contributed by atoms with van der Waals surface area (Å²) in [5.41, 5.74) is 0.560. The largest absolute Gasteiger partial charge is 0.419 e. The third-order valence-corrected chi connectivity index (χ3v) is 9.98. The minimum atomic E-state index is -4.19. The van der Waals surface area contributed by atoms with Gasteiger partial charge in [-0.05, 0) is 85.3 Å². The maximum absolute atomic E-state index is 14.0. The van der Waals surface area contributed by atoms with Gasteiger partial charge in [-0.2, -0.15) is 0 Å². The van der Waals surface area contributed by atoms with Gasteiger partial charge in [0.2, 0.25) is 17.6 Å². The smallest absolute Gasteiger partial charge is 0.308 e. The van der Waals surface area contributed by atoms with Crippen LogP contribution in [0.15, 0.2) is 95.2 Å². The fraction of sp³-hybridized carbons (Fsp3) is 0.316. The van der Waals surface area contributed by atoms with E-state index >= 15 is 0 Å². The summed E-state index contributed by atoms with van der Waals surface area (Å²) >= 11 is 5.82. The number of ether oxygens (including phenoxy) is 1. The Hall–Kier alpha value is -5.54.